The average molecular weight is 412 g/mol. The van der Waals surface area contributed by atoms with Gasteiger partial charge in [-0.3, -0.25) is 4.79 Å². The molecule has 4 nitrogen and oxygen atoms in total. The molecule has 0 spiro atoms. The zero-order valence-corrected chi connectivity index (χ0v) is 17.7. The number of hydrogen-bond acceptors (Lipinski definition) is 3. The van der Waals surface area contributed by atoms with Crippen LogP contribution in [-0.4, -0.2) is 12.5 Å². The maximum atomic E-state index is 12.8. The van der Waals surface area contributed by atoms with Gasteiger partial charge in [0.05, 0.1) is 6.61 Å². The van der Waals surface area contributed by atoms with Crippen molar-refractivity contribution in [1.29, 1.82) is 0 Å². The van der Waals surface area contributed by atoms with Gasteiger partial charge in [-0.1, -0.05) is 60.2 Å². The van der Waals surface area contributed by atoms with Crippen LogP contribution in [0.15, 0.2) is 84.9 Å². The van der Waals surface area contributed by atoms with E-state index >= 15 is 0 Å². The Kier molecular flexibility index (Phi) is 6.18. The number of amides is 1. The van der Waals surface area contributed by atoms with Crippen molar-refractivity contribution in [3.63, 3.8) is 0 Å². The van der Waals surface area contributed by atoms with E-state index in [1.165, 1.54) is 5.56 Å². The number of nitrogens with one attached hydrogen (secondary N) is 1. The molecule has 31 heavy (non-hydrogen) atoms. The monoisotopic (exact) mass is 411 g/mol. The van der Waals surface area contributed by atoms with Crippen LogP contribution in [0.5, 0.6) is 11.5 Å². The van der Waals surface area contributed by atoms with Gasteiger partial charge in [0.2, 0.25) is 0 Å². The fourth-order valence-corrected chi connectivity index (χ4v) is 3.35. The fraction of sp³-hybridized carbons (Fsp3) is 0.148. The molecule has 0 aliphatic carbocycles. The van der Waals surface area contributed by atoms with E-state index in [0.29, 0.717) is 30.3 Å². The Morgan fingerprint density at radius 1 is 0.806 bits per heavy atom. The Hall–Kier alpha value is -3.79. The number of ether oxygens (including phenoxy) is 2. The van der Waals surface area contributed by atoms with Gasteiger partial charge in [0.15, 0.2) is 11.5 Å². The van der Waals surface area contributed by atoms with E-state index in [-0.39, 0.29) is 5.91 Å². The van der Waals surface area contributed by atoms with Crippen molar-refractivity contribution in [3.05, 3.63) is 102 Å². The summed E-state index contributed by atoms with van der Waals surface area (Å²) in [7, 11) is 0. The van der Waals surface area contributed by atoms with Crippen molar-refractivity contribution in [2.24, 2.45) is 0 Å². The molecule has 0 atom stereocenters. The van der Waals surface area contributed by atoms with E-state index in [9.17, 15) is 4.79 Å². The molecule has 0 bridgehead atoms. The zero-order chi connectivity index (χ0) is 21.6. The van der Waals surface area contributed by atoms with E-state index in [4.69, 9.17) is 9.47 Å². The van der Waals surface area contributed by atoms with Crippen molar-refractivity contribution >= 4 is 22.4 Å². The molecule has 0 saturated heterocycles. The number of hydrogen-bond donors (Lipinski definition) is 1. The largest absolute Gasteiger partial charge is 0.490 e. The highest BCUT2D eigenvalue weighted by molar-refractivity contribution is 6.05. The number of benzene rings is 4. The second-order valence-electron chi connectivity index (χ2n) is 7.38. The van der Waals surface area contributed by atoms with Crippen LogP contribution in [0.1, 0.15) is 28.4 Å². The summed E-state index contributed by atoms with van der Waals surface area (Å²) < 4.78 is 11.7. The molecule has 1 amide bonds. The highest BCUT2D eigenvalue weighted by Gasteiger charge is 2.12. The molecule has 156 valence electrons. The molecule has 0 radical (unpaired) electrons. The Bertz CT molecular complexity index is 1200. The zero-order valence-electron chi connectivity index (χ0n) is 17.7. The van der Waals surface area contributed by atoms with Gasteiger partial charge < -0.3 is 14.8 Å². The second kappa shape index (κ2) is 9.35. The van der Waals surface area contributed by atoms with Crippen LogP contribution >= 0.6 is 0 Å². The minimum Gasteiger partial charge on any atom is -0.490 e. The van der Waals surface area contributed by atoms with Crippen LogP contribution in [0.2, 0.25) is 0 Å². The first kappa shape index (κ1) is 20.5. The summed E-state index contributed by atoms with van der Waals surface area (Å²) in [6, 6.07) is 27.4. The number of rotatable bonds is 7. The van der Waals surface area contributed by atoms with Crippen LogP contribution in [0, 0.1) is 6.92 Å². The standard InChI is InChI=1S/C27H25NO3/c1-3-30-26-17-23(13-15-25(26)31-18-20-10-8-19(2)9-11-20)27(29)28-24-14-12-21-6-4-5-7-22(21)16-24/h4-17H,3,18H2,1-2H3,(H,28,29). The first-order valence-corrected chi connectivity index (χ1v) is 10.4. The quantitative estimate of drug-likeness (QED) is 0.384. The van der Waals surface area contributed by atoms with Gasteiger partial charge in [0, 0.05) is 11.3 Å². The summed E-state index contributed by atoms with van der Waals surface area (Å²) >= 11 is 0. The molecule has 0 fully saturated rings. The lowest BCUT2D eigenvalue weighted by atomic mass is 10.1. The molecule has 0 aromatic heterocycles. The normalized spacial score (nSPS) is 10.6. The summed E-state index contributed by atoms with van der Waals surface area (Å²) in [6.07, 6.45) is 0. The lowest BCUT2D eigenvalue weighted by Gasteiger charge is -2.14. The Balaban J connectivity index is 1.50. The van der Waals surface area contributed by atoms with Gasteiger partial charge in [0.1, 0.15) is 6.61 Å². The van der Waals surface area contributed by atoms with Gasteiger partial charge >= 0.3 is 0 Å². The molecule has 4 heteroatoms. The van der Waals surface area contributed by atoms with E-state index in [2.05, 4.69) is 24.4 Å². The molecular weight excluding hydrogens is 386 g/mol. The highest BCUT2D eigenvalue weighted by atomic mass is 16.5. The van der Waals surface area contributed by atoms with Gasteiger partial charge in [0.25, 0.3) is 5.91 Å². The molecule has 4 aromatic carbocycles. The van der Waals surface area contributed by atoms with Gasteiger partial charge in [-0.15, -0.1) is 0 Å². The summed E-state index contributed by atoms with van der Waals surface area (Å²) in [5.74, 6) is 0.978. The first-order valence-electron chi connectivity index (χ1n) is 10.4. The minimum absolute atomic E-state index is 0.193. The lowest BCUT2D eigenvalue weighted by Crippen LogP contribution is -2.12. The molecule has 1 N–H and O–H groups in total. The maximum absolute atomic E-state index is 12.8. The summed E-state index contributed by atoms with van der Waals surface area (Å²) in [6.45, 7) is 4.88. The van der Waals surface area contributed by atoms with Crippen molar-refractivity contribution in [2.45, 2.75) is 20.5 Å². The van der Waals surface area contributed by atoms with Crippen LogP contribution < -0.4 is 14.8 Å². The van der Waals surface area contributed by atoms with E-state index in [1.54, 1.807) is 18.2 Å². The van der Waals surface area contributed by atoms with E-state index in [0.717, 1.165) is 22.0 Å². The number of aryl methyl sites for hydroxylation is 1. The summed E-state index contributed by atoms with van der Waals surface area (Å²) in [5, 5.41) is 5.18. The number of anilines is 1. The SMILES string of the molecule is CCOc1cc(C(=O)Nc2ccc3ccccc3c2)ccc1OCc1ccc(C)cc1. The van der Waals surface area contributed by atoms with Crippen molar-refractivity contribution in [1.82, 2.24) is 0 Å². The average Bonchev–Trinajstić information content (AvgIpc) is 2.79. The molecule has 4 rings (SSSR count). The number of fused-ring (bicyclic) bond motifs is 1. The third-order valence-electron chi connectivity index (χ3n) is 5.03. The fourth-order valence-electron chi connectivity index (χ4n) is 3.35. The maximum Gasteiger partial charge on any atom is 0.255 e. The predicted octanol–water partition coefficient (Wildman–Crippen LogP) is 6.38. The lowest BCUT2D eigenvalue weighted by molar-refractivity contribution is 0.102. The van der Waals surface area contributed by atoms with Crippen molar-refractivity contribution in [2.75, 3.05) is 11.9 Å². The Morgan fingerprint density at radius 3 is 2.35 bits per heavy atom. The van der Waals surface area contributed by atoms with Crippen LogP contribution in [-0.2, 0) is 6.61 Å². The van der Waals surface area contributed by atoms with E-state index < -0.39 is 0 Å². The van der Waals surface area contributed by atoms with Crippen LogP contribution in [0.4, 0.5) is 5.69 Å². The minimum atomic E-state index is -0.193. The van der Waals surface area contributed by atoms with Gasteiger partial charge in [-0.05, 0) is 60.5 Å². The molecule has 0 heterocycles. The number of carbonyl (C=O) groups excluding carboxylic acids is 1. The first-order chi connectivity index (χ1) is 15.1. The second-order valence-corrected chi connectivity index (χ2v) is 7.38. The van der Waals surface area contributed by atoms with Gasteiger partial charge in [-0.2, -0.15) is 0 Å². The van der Waals surface area contributed by atoms with Crippen LogP contribution in [0.3, 0.4) is 0 Å². The predicted molar refractivity (Wildman–Crippen MR) is 125 cm³/mol. The molecule has 4 aromatic rings. The summed E-state index contributed by atoms with van der Waals surface area (Å²) in [4.78, 5) is 12.8. The summed E-state index contributed by atoms with van der Waals surface area (Å²) in [5.41, 5.74) is 3.55. The molecule has 0 unspecified atom stereocenters. The van der Waals surface area contributed by atoms with Crippen molar-refractivity contribution in [3.8, 4) is 11.5 Å². The Morgan fingerprint density at radius 2 is 1.58 bits per heavy atom. The molecule has 0 saturated carbocycles. The van der Waals surface area contributed by atoms with E-state index in [1.807, 2.05) is 61.5 Å². The van der Waals surface area contributed by atoms with Crippen LogP contribution in [0.25, 0.3) is 10.8 Å². The molecule has 0 aliphatic heterocycles. The third-order valence-corrected chi connectivity index (χ3v) is 5.03. The smallest absolute Gasteiger partial charge is 0.255 e. The van der Waals surface area contributed by atoms with Gasteiger partial charge in [-0.25, -0.2) is 0 Å². The molecule has 0 aliphatic rings. The number of carbonyl (C=O) groups is 1. The third kappa shape index (κ3) is 5.04. The molecular formula is C27H25NO3. The highest BCUT2D eigenvalue weighted by Crippen LogP contribution is 2.30. The topological polar surface area (TPSA) is 47.6 Å². The van der Waals surface area contributed by atoms with Crippen molar-refractivity contribution < 1.29 is 14.3 Å². The Labute approximate surface area is 182 Å².